The highest BCUT2D eigenvalue weighted by Gasteiger charge is 2.19. The lowest BCUT2D eigenvalue weighted by Crippen LogP contribution is -2.12. The van der Waals surface area contributed by atoms with Gasteiger partial charge >= 0.3 is 5.97 Å². The number of anilines is 1. The first-order valence-electron chi connectivity index (χ1n) is 5.31. The molecule has 0 saturated carbocycles. The fourth-order valence-corrected chi connectivity index (χ4v) is 3.59. The number of phenols is 1. The highest BCUT2D eigenvalue weighted by molar-refractivity contribution is 7.94. The summed E-state index contributed by atoms with van der Waals surface area (Å²) in [4.78, 5) is 14.6. The molecule has 0 atom stereocenters. The molecule has 106 valence electrons. The number of sulfonamides is 1. The fourth-order valence-electron chi connectivity index (χ4n) is 1.41. The van der Waals surface area contributed by atoms with E-state index in [1.54, 1.807) is 6.92 Å². The van der Waals surface area contributed by atoms with Crippen molar-refractivity contribution in [3.8, 4) is 5.75 Å². The molecule has 0 aliphatic rings. The van der Waals surface area contributed by atoms with Crippen LogP contribution in [0, 0.1) is 6.92 Å². The number of aryl methyl sites for hydroxylation is 1. The fraction of sp³-hybridized carbons (Fsp3) is 0.0909. The van der Waals surface area contributed by atoms with Crippen LogP contribution in [0.3, 0.4) is 0 Å². The molecule has 0 radical (unpaired) electrons. The second-order valence-corrected chi connectivity index (χ2v) is 6.98. The van der Waals surface area contributed by atoms with Crippen molar-refractivity contribution in [1.29, 1.82) is 0 Å². The van der Waals surface area contributed by atoms with Gasteiger partial charge in [0.15, 0.2) is 4.21 Å². The van der Waals surface area contributed by atoms with Gasteiger partial charge in [0, 0.05) is 0 Å². The van der Waals surface area contributed by atoms with Crippen LogP contribution in [-0.4, -0.2) is 29.6 Å². The summed E-state index contributed by atoms with van der Waals surface area (Å²) >= 11 is 0.991. The van der Waals surface area contributed by atoms with Gasteiger partial charge in [0.1, 0.15) is 5.75 Å². The maximum atomic E-state index is 12.0. The minimum absolute atomic E-state index is 0.0108. The summed E-state index contributed by atoms with van der Waals surface area (Å²) in [7, 11) is -3.85. The zero-order chi connectivity index (χ0) is 14.9. The molecule has 2 aromatic rings. The molecular formula is C11H10N2O5S2. The molecule has 0 aliphatic heterocycles. The van der Waals surface area contributed by atoms with Crippen molar-refractivity contribution in [2.75, 3.05) is 4.72 Å². The number of thiazole rings is 1. The number of carboxylic acid groups (broad SMARTS) is 1. The normalized spacial score (nSPS) is 11.2. The van der Waals surface area contributed by atoms with Crippen LogP contribution in [-0.2, 0) is 10.0 Å². The van der Waals surface area contributed by atoms with Gasteiger partial charge in [-0.25, -0.2) is 18.2 Å². The van der Waals surface area contributed by atoms with Gasteiger partial charge in [-0.1, -0.05) is 0 Å². The van der Waals surface area contributed by atoms with Crippen molar-refractivity contribution < 1.29 is 23.4 Å². The van der Waals surface area contributed by atoms with Crippen LogP contribution < -0.4 is 4.72 Å². The molecule has 1 aromatic carbocycles. The van der Waals surface area contributed by atoms with E-state index in [1.807, 2.05) is 0 Å². The van der Waals surface area contributed by atoms with Crippen LogP contribution in [0.15, 0.2) is 28.6 Å². The molecule has 2 rings (SSSR count). The molecule has 0 amide bonds. The molecule has 1 aromatic heterocycles. The SMILES string of the molecule is Cc1ncc(S(=O)(=O)Nc2ccc(C(=O)O)cc2O)s1. The van der Waals surface area contributed by atoms with E-state index in [4.69, 9.17) is 5.11 Å². The molecule has 20 heavy (non-hydrogen) atoms. The Kier molecular flexibility index (Phi) is 3.64. The quantitative estimate of drug-likeness (QED) is 0.739. The van der Waals surface area contributed by atoms with E-state index in [9.17, 15) is 18.3 Å². The number of hydrogen-bond acceptors (Lipinski definition) is 6. The van der Waals surface area contributed by atoms with Gasteiger partial charge in [0.05, 0.1) is 22.5 Å². The molecule has 0 spiro atoms. The van der Waals surface area contributed by atoms with E-state index in [-0.39, 0.29) is 15.5 Å². The van der Waals surface area contributed by atoms with Crippen LogP contribution in [0.5, 0.6) is 5.75 Å². The number of aromatic carboxylic acids is 1. The Hall–Kier alpha value is -2.13. The molecular weight excluding hydrogens is 304 g/mol. The molecule has 3 N–H and O–H groups in total. The number of carboxylic acids is 1. The average molecular weight is 314 g/mol. The summed E-state index contributed by atoms with van der Waals surface area (Å²) in [6.45, 7) is 1.67. The minimum Gasteiger partial charge on any atom is -0.506 e. The van der Waals surface area contributed by atoms with Crippen molar-refractivity contribution in [3.05, 3.63) is 35.0 Å². The van der Waals surface area contributed by atoms with Crippen molar-refractivity contribution in [2.45, 2.75) is 11.1 Å². The van der Waals surface area contributed by atoms with E-state index >= 15 is 0 Å². The lowest BCUT2D eigenvalue weighted by molar-refractivity contribution is 0.0696. The maximum Gasteiger partial charge on any atom is 0.335 e. The Morgan fingerprint density at radius 3 is 2.60 bits per heavy atom. The van der Waals surface area contributed by atoms with Gasteiger partial charge in [-0.15, -0.1) is 11.3 Å². The van der Waals surface area contributed by atoms with Crippen molar-refractivity contribution in [1.82, 2.24) is 4.98 Å². The third-order valence-electron chi connectivity index (χ3n) is 2.35. The second-order valence-electron chi connectivity index (χ2n) is 3.84. The predicted molar refractivity (Wildman–Crippen MR) is 72.7 cm³/mol. The first-order valence-corrected chi connectivity index (χ1v) is 7.61. The summed E-state index contributed by atoms with van der Waals surface area (Å²) in [6, 6.07) is 3.35. The molecule has 0 unspecified atom stereocenters. The standard InChI is InChI=1S/C11H10N2O5S2/c1-6-12-5-10(19-6)20(17,18)13-8-3-2-7(11(15)16)4-9(8)14/h2-5,13-14H,1H3,(H,15,16). The van der Waals surface area contributed by atoms with Crippen LogP contribution in [0.2, 0.25) is 0 Å². The first kappa shape index (κ1) is 14.3. The minimum atomic E-state index is -3.85. The Bertz CT molecular complexity index is 767. The smallest absolute Gasteiger partial charge is 0.335 e. The monoisotopic (exact) mass is 314 g/mol. The van der Waals surface area contributed by atoms with E-state index in [2.05, 4.69) is 9.71 Å². The van der Waals surface area contributed by atoms with Crippen molar-refractivity contribution in [3.63, 3.8) is 0 Å². The molecule has 0 bridgehead atoms. The number of nitrogens with one attached hydrogen (secondary N) is 1. The Balaban J connectivity index is 2.32. The van der Waals surface area contributed by atoms with Crippen LogP contribution in [0.25, 0.3) is 0 Å². The Morgan fingerprint density at radius 1 is 1.40 bits per heavy atom. The Labute approximate surface area is 118 Å². The number of hydrogen-bond donors (Lipinski definition) is 3. The third kappa shape index (κ3) is 2.89. The number of benzene rings is 1. The number of aromatic nitrogens is 1. The first-order chi connectivity index (χ1) is 9.29. The molecule has 0 aliphatic carbocycles. The van der Waals surface area contributed by atoms with Gasteiger partial charge in [-0.05, 0) is 25.1 Å². The van der Waals surface area contributed by atoms with Crippen molar-refractivity contribution >= 4 is 33.0 Å². The van der Waals surface area contributed by atoms with E-state index in [1.165, 1.54) is 18.3 Å². The van der Waals surface area contributed by atoms with E-state index < -0.39 is 21.7 Å². The lowest BCUT2D eigenvalue weighted by atomic mass is 10.2. The summed E-state index contributed by atoms with van der Waals surface area (Å²) in [5.74, 6) is -1.68. The third-order valence-corrected chi connectivity index (χ3v) is 5.09. The summed E-state index contributed by atoms with van der Waals surface area (Å²) in [6.07, 6.45) is 1.21. The number of nitrogens with zero attached hydrogens (tertiary/aromatic N) is 1. The van der Waals surface area contributed by atoms with Crippen LogP contribution in [0.4, 0.5) is 5.69 Å². The average Bonchev–Trinajstić information content (AvgIpc) is 2.79. The maximum absolute atomic E-state index is 12.0. The van der Waals surface area contributed by atoms with Gasteiger partial charge < -0.3 is 10.2 Å². The van der Waals surface area contributed by atoms with Crippen molar-refractivity contribution in [2.24, 2.45) is 0 Å². The number of carbonyl (C=O) groups is 1. The zero-order valence-corrected chi connectivity index (χ0v) is 11.8. The highest BCUT2D eigenvalue weighted by Crippen LogP contribution is 2.28. The molecule has 0 saturated heterocycles. The number of phenolic OH excluding ortho intramolecular Hbond substituents is 1. The van der Waals surface area contributed by atoms with Gasteiger partial charge in [-0.3, -0.25) is 4.72 Å². The van der Waals surface area contributed by atoms with Gasteiger partial charge in [-0.2, -0.15) is 0 Å². The largest absolute Gasteiger partial charge is 0.506 e. The second kappa shape index (κ2) is 5.10. The topological polar surface area (TPSA) is 117 Å². The number of aromatic hydroxyl groups is 1. The summed E-state index contributed by atoms with van der Waals surface area (Å²) < 4.78 is 26.2. The zero-order valence-electron chi connectivity index (χ0n) is 10.2. The van der Waals surface area contributed by atoms with Crippen LogP contribution >= 0.6 is 11.3 Å². The van der Waals surface area contributed by atoms with E-state index in [0.717, 1.165) is 17.4 Å². The molecule has 1 heterocycles. The Morgan fingerprint density at radius 2 is 2.10 bits per heavy atom. The van der Waals surface area contributed by atoms with Crippen LogP contribution in [0.1, 0.15) is 15.4 Å². The highest BCUT2D eigenvalue weighted by atomic mass is 32.2. The molecule has 7 nitrogen and oxygen atoms in total. The lowest BCUT2D eigenvalue weighted by Gasteiger charge is -2.08. The molecule has 0 fully saturated rings. The van der Waals surface area contributed by atoms with E-state index in [0.29, 0.717) is 5.01 Å². The summed E-state index contributed by atoms with van der Waals surface area (Å²) in [5, 5.41) is 19.0. The molecule has 9 heteroatoms. The van der Waals surface area contributed by atoms with Gasteiger partial charge in [0.25, 0.3) is 10.0 Å². The predicted octanol–water partition coefficient (Wildman–Crippen LogP) is 1.66. The van der Waals surface area contributed by atoms with Gasteiger partial charge in [0.2, 0.25) is 0 Å². The summed E-state index contributed by atoms with van der Waals surface area (Å²) in [5.41, 5.74) is -0.236. The number of rotatable bonds is 4.